The fourth-order valence-corrected chi connectivity index (χ4v) is 3.33. The fraction of sp³-hybridized carbons (Fsp3) is 0.250. The predicted molar refractivity (Wildman–Crippen MR) is 127 cm³/mol. The van der Waals surface area contributed by atoms with Gasteiger partial charge in [0.25, 0.3) is 5.91 Å². The quantitative estimate of drug-likeness (QED) is 0.392. The number of hydrogen-bond acceptors (Lipinski definition) is 7. The van der Waals surface area contributed by atoms with Crippen molar-refractivity contribution < 1.29 is 14.3 Å². The summed E-state index contributed by atoms with van der Waals surface area (Å²) in [6.45, 7) is 5.69. The summed E-state index contributed by atoms with van der Waals surface area (Å²) in [7, 11) is 1.61. The van der Waals surface area contributed by atoms with Gasteiger partial charge in [0.05, 0.1) is 29.9 Å². The molecule has 0 atom stereocenters. The molecule has 9 nitrogen and oxygen atoms in total. The number of carbonyl (C=O) groups is 1. The summed E-state index contributed by atoms with van der Waals surface area (Å²) in [6, 6.07) is 13.0. The number of nitrogens with one attached hydrogen (secondary N) is 3. The Morgan fingerprint density at radius 1 is 1.12 bits per heavy atom. The number of nitrogens with zero attached hydrogens (tertiary/aromatic N) is 3. The van der Waals surface area contributed by atoms with E-state index in [0.29, 0.717) is 23.1 Å². The summed E-state index contributed by atoms with van der Waals surface area (Å²) in [4.78, 5) is 21.6. The van der Waals surface area contributed by atoms with Gasteiger partial charge in [-0.3, -0.25) is 9.89 Å². The Kier molecular flexibility index (Phi) is 6.12. The van der Waals surface area contributed by atoms with E-state index in [0.717, 1.165) is 22.2 Å². The second kappa shape index (κ2) is 9.15. The summed E-state index contributed by atoms with van der Waals surface area (Å²) in [5, 5.41) is 13.7. The van der Waals surface area contributed by atoms with Crippen LogP contribution in [0.25, 0.3) is 22.3 Å². The van der Waals surface area contributed by atoms with E-state index in [4.69, 9.17) is 19.4 Å². The topological polar surface area (TPSA) is 114 Å². The molecule has 0 bridgehead atoms. The molecule has 33 heavy (non-hydrogen) atoms. The Balaban J connectivity index is 1.67. The maximum absolute atomic E-state index is 12.1. The zero-order valence-electron chi connectivity index (χ0n) is 19.0. The van der Waals surface area contributed by atoms with Gasteiger partial charge in [-0.1, -0.05) is 18.2 Å². The van der Waals surface area contributed by atoms with E-state index in [1.807, 2.05) is 57.2 Å². The standard InChI is InChI=1S/C24H26N6O3/c1-24(2,3)30-20(31)14-33-17-8-5-7-15(11-17)22-28-18-9-6-10-19(32-4)21(18)23(29-22)27-16-12-25-26-13-16/h5-13H,14H2,1-4H3,(H,25,26)(H,30,31)(H,27,28,29). The van der Waals surface area contributed by atoms with Crippen molar-refractivity contribution >= 4 is 28.3 Å². The van der Waals surface area contributed by atoms with Gasteiger partial charge in [-0.05, 0) is 45.0 Å². The van der Waals surface area contributed by atoms with Crippen LogP contribution in [0.3, 0.4) is 0 Å². The number of rotatable bonds is 7. The van der Waals surface area contributed by atoms with Crippen LogP contribution >= 0.6 is 0 Å². The number of aromatic amines is 1. The van der Waals surface area contributed by atoms with Crippen molar-refractivity contribution in [3.05, 3.63) is 54.9 Å². The molecule has 2 heterocycles. The van der Waals surface area contributed by atoms with Crippen LogP contribution in [0.15, 0.2) is 54.9 Å². The molecule has 2 aromatic carbocycles. The first kappa shape index (κ1) is 22.1. The molecule has 0 aliphatic carbocycles. The van der Waals surface area contributed by atoms with Crippen molar-refractivity contribution in [3.63, 3.8) is 0 Å². The average molecular weight is 447 g/mol. The molecule has 9 heteroatoms. The van der Waals surface area contributed by atoms with Crippen LogP contribution in [0.5, 0.6) is 11.5 Å². The van der Waals surface area contributed by atoms with Crippen LogP contribution in [0.1, 0.15) is 20.8 Å². The largest absolute Gasteiger partial charge is 0.496 e. The van der Waals surface area contributed by atoms with Crippen molar-refractivity contribution in [3.8, 4) is 22.9 Å². The third-order valence-corrected chi connectivity index (χ3v) is 4.64. The number of anilines is 2. The molecule has 3 N–H and O–H groups in total. The second-order valence-corrected chi connectivity index (χ2v) is 8.48. The Bertz CT molecular complexity index is 1270. The van der Waals surface area contributed by atoms with Gasteiger partial charge in [0, 0.05) is 17.3 Å². The Hall–Kier alpha value is -4.14. The van der Waals surface area contributed by atoms with Crippen LogP contribution in [0.2, 0.25) is 0 Å². The lowest BCUT2D eigenvalue weighted by atomic mass is 10.1. The van der Waals surface area contributed by atoms with E-state index in [1.54, 1.807) is 25.6 Å². The summed E-state index contributed by atoms with van der Waals surface area (Å²) in [5.41, 5.74) is 1.92. The van der Waals surface area contributed by atoms with Crippen LogP contribution in [0.4, 0.5) is 11.5 Å². The number of ether oxygens (including phenoxy) is 2. The first-order valence-electron chi connectivity index (χ1n) is 10.5. The van der Waals surface area contributed by atoms with E-state index < -0.39 is 0 Å². The number of aromatic nitrogens is 4. The third-order valence-electron chi connectivity index (χ3n) is 4.64. The highest BCUT2D eigenvalue weighted by molar-refractivity contribution is 5.97. The molecule has 0 radical (unpaired) electrons. The summed E-state index contributed by atoms with van der Waals surface area (Å²) < 4.78 is 11.2. The minimum absolute atomic E-state index is 0.0796. The summed E-state index contributed by atoms with van der Waals surface area (Å²) in [5.74, 6) is 2.12. The van der Waals surface area contributed by atoms with Gasteiger partial charge in [-0.2, -0.15) is 5.10 Å². The molecule has 4 rings (SSSR count). The van der Waals surface area contributed by atoms with Crippen LogP contribution in [-0.4, -0.2) is 45.3 Å². The van der Waals surface area contributed by atoms with Crippen molar-refractivity contribution in [1.82, 2.24) is 25.5 Å². The molecule has 0 saturated carbocycles. The van der Waals surface area contributed by atoms with Crippen LogP contribution in [-0.2, 0) is 4.79 Å². The molecular formula is C24H26N6O3. The molecule has 0 aliphatic heterocycles. The van der Waals surface area contributed by atoms with E-state index in [2.05, 4.69) is 20.8 Å². The molecule has 170 valence electrons. The molecule has 0 spiro atoms. The monoisotopic (exact) mass is 446 g/mol. The van der Waals surface area contributed by atoms with Gasteiger partial charge in [-0.25, -0.2) is 9.97 Å². The normalized spacial score (nSPS) is 11.3. The first-order valence-corrected chi connectivity index (χ1v) is 10.5. The van der Waals surface area contributed by atoms with E-state index in [1.165, 1.54) is 0 Å². The molecule has 1 amide bonds. The van der Waals surface area contributed by atoms with Crippen LogP contribution < -0.4 is 20.1 Å². The summed E-state index contributed by atoms with van der Waals surface area (Å²) >= 11 is 0. The number of methoxy groups -OCH3 is 1. The van der Waals surface area contributed by atoms with Crippen molar-refractivity contribution in [2.45, 2.75) is 26.3 Å². The van der Waals surface area contributed by atoms with E-state index >= 15 is 0 Å². The molecule has 4 aromatic rings. The lowest BCUT2D eigenvalue weighted by Crippen LogP contribution is -2.43. The molecule has 0 saturated heterocycles. The number of carbonyl (C=O) groups excluding carboxylic acids is 1. The van der Waals surface area contributed by atoms with E-state index in [-0.39, 0.29) is 18.1 Å². The lowest BCUT2D eigenvalue weighted by molar-refractivity contribution is -0.124. The SMILES string of the molecule is COc1cccc2nc(-c3cccc(OCC(=O)NC(C)(C)C)c3)nc(Nc3cn[nH]c3)c12. The zero-order valence-corrected chi connectivity index (χ0v) is 19.0. The highest BCUT2D eigenvalue weighted by atomic mass is 16.5. The van der Waals surface area contributed by atoms with Gasteiger partial charge in [0.1, 0.15) is 17.3 Å². The van der Waals surface area contributed by atoms with Gasteiger partial charge >= 0.3 is 0 Å². The molecular weight excluding hydrogens is 420 g/mol. The number of fused-ring (bicyclic) bond motifs is 1. The Morgan fingerprint density at radius 3 is 2.67 bits per heavy atom. The van der Waals surface area contributed by atoms with Crippen molar-refractivity contribution in [2.75, 3.05) is 19.0 Å². The van der Waals surface area contributed by atoms with E-state index in [9.17, 15) is 4.79 Å². The maximum atomic E-state index is 12.1. The molecule has 2 aromatic heterocycles. The van der Waals surface area contributed by atoms with Gasteiger partial charge in [0.2, 0.25) is 0 Å². The number of amides is 1. The van der Waals surface area contributed by atoms with Crippen molar-refractivity contribution in [2.24, 2.45) is 0 Å². The maximum Gasteiger partial charge on any atom is 0.258 e. The zero-order chi connectivity index (χ0) is 23.4. The molecule has 0 fully saturated rings. The molecule has 0 unspecified atom stereocenters. The predicted octanol–water partition coefficient (Wildman–Crippen LogP) is 4.07. The number of H-pyrrole nitrogens is 1. The average Bonchev–Trinajstić information content (AvgIpc) is 3.29. The van der Waals surface area contributed by atoms with Crippen LogP contribution in [0, 0.1) is 0 Å². The minimum Gasteiger partial charge on any atom is -0.496 e. The highest BCUT2D eigenvalue weighted by Crippen LogP contribution is 2.34. The van der Waals surface area contributed by atoms with Gasteiger partial charge in [-0.15, -0.1) is 0 Å². The second-order valence-electron chi connectivity index (χ2n) is 8.48. The minimum atomic E-state index is -0.319. The fourth-order valence-electron chi connectivity index (χ4n) is 3.33. The highest BCUT2D eigenvalue weighted by Gasteiger charge is 2.16. The Labute approximate surface area is 191 Å². The lowest BCUT2D eigenvalue weighted by Gasteiger charge is -2.20. The number of benzene rings is 2. The number of hydrogen-bond donors (Lipinski definition) is 3. The Morgan fingerprint density at radius 2 is 1.94 bits per heavy atom. The van der Waals surface area contributed by atoms with Crippen molar-refractivity contribution in [1.29, 1.82) is 0 Å². The third kappa shape index (κ3) is 5.38. The van der Waals surface area contributed by atoms with Gasteiger partial charge < -0.3 is 20.1 Å². The molecule has 0 aliphatic rings. The first-order chi connectivity index (χ1) is 15.8. The smallest absolute Gasteiger partial charge is 0.258 e. The summed E-state index contributed by atoms with van der Waals surface area (Å²) in [6.07, 6.45) is 3.40. The van der Waals surface area contributed by atoms with Gasteiger partial charge in [0.15, 0.2) is 12.4 Å².